The van der Waals surface area contributed by atoms with Crippen LogP contribution in [0.2, 0.25) is 0 Å². The van der Waals surface area contributed by atoms with Crippen molar-refractivity contribution in [2.75, 3.05) is 17.2 Å². The summed E-state index contributed by atoms with van der Waals surface area (Å²) in [5.41, 5.74) is 7.32. The van der Waals surface area contributed by atoms with Crippen molar-refractivity contribution in [3.63, 3.8) is 0 Å². The highest BCUT2D eigenvalue weighted by Gasteiger charge is 2.21. The first-order valence-corrected chi connectivity index (χ1v) is 7.16. The number of rotatable bonds is 5. The van der Waals surface area contributed by atoms with Crippen LogP contribution >= 0.6 is 0 Å². The van der Waals surface area contributed by atoms with Crippen LogP contribution in [-0.2, 0) is 9.59 Å². The van der Waals surface area contributed by atoms with Crippen molar-refractivity contribution in [3.05, 3.63) is 23.8 Å². The molecule has 0 aliphatic carbocycles. The Morgan fingerprint density at radius 1 is 1.19 bits per heavy atom. The molecule has 0 aliphatic heterocycles. The molecule has 0 saturated carbocycles. The second kappa shape index (κ2) is 7.22. The SMILES string of the molecule is Cc1cc(NC(=O)CCCN)ccc1NC(=O)C(C)(C)C. The monoisotopic (exact) mass is 291 g/mol. The smallest absolute Gasteiger partial charge is 0.229 e. The van der Waals surface area contributed by atoms with Gasteiger partial charge in [-0.2, -0.15) is 0 Å². The lowest BCUT2D eigenvalue weighted by Crippen LogP contribution is -2.27. The third-order valence-corrected chi connectivity index (χ3v) is 3.05. The first-order valence-electron chi connectivity index (χ1n) is 7.16. The summed E-state index contributed by atoms with van der Waals surface area (Å²) in [6, 6.07) is 5.43. The van der Waals surface area contributed by atoms with E-state index in [1.165, 1.54) is 0 Å². The molecule has 0 saturated heterocycles. The van der Waals surface area contributed by atoms with Gasteiger partial charge in [-0.1, -0.05) is 20.8 Å². The molecule has 0 unspecified atom stereocenters. The molecule has 0 radical (unpaired) electrons. The molecule has 4 N–H and O–H groups in total. The van der Waals surface area contributed by atoms with E-state index in [1.54, 1.807) is 12.1 Å². The van der Waals surface area contributed by atoms with Crippen molar-refractivity contribution in [1.29, 1.82) is 0 Å². The van der Waals surface area contributed by atoms with Gasteiger partial charge in [-0.05, 0) is 43.7 Å². The number of nitrogens with one attached hydrogen (secondary N) is 2. The first-order chi connectivity index (χ1) is 9.74. The van der Waals surface area contributed by atoms with Crippen molar-refractivity contribution < 1.29 is 9.59 Å². The molecule has 5 nitrogen and oxygen atoms in total. The Morgan fingerprint density at radius 2 is 1.86 bits per heavy atom. The maximum atomic E-state index is 12.0. The quantitative estimate of drug-likeness (QED) is 0.779. The summed E-state index contributed by atoms with van der Waals surface area (Å²) in [7, 11) is 0. The van der Waals surface area contributed by atoms with Gasteiger partial charge in [-0.3, -0.25) is 9.59 Å². The highest BCUT2D eigenvalue weighted by Crippen LogP contribution is 2.23. The van der Waals surface area contributed by atoms with Gasteiger partial charge in [0.25, 0.3) is 0 Å². The van der Waals surface area contributed by atoms with Gasteiger partial charge in [0.05, 0.1) is 0 Å². The number of benzene rings is 1. The Labute approximate surface area is 126 Å². The molecular formula is C16H25N3O2. The molecule has 5 heteroatoms. The van der Waals surface area contributed by atoms with Crippen molar-refractivity contribution >= 4 is 23.2 Å². The number of amides is 2. The standard InChI is InChI=1S/C16H25N3O2/c1-11-10-12(18-14(20)6-5-9-17)7-8-13(11)19-15(21)16(2,3)4/h7-8,10H,5-6,9,17H2,1-4H3,(H,18,20)(H,19,21). The molecule has 116 valence electrons. The lowest BCUT2D eigenvalue weighted by Gasteiger charge is -2.19. The first kappa shape index (κ1) is 17.2. The fourth-order valence-corrected chi connectivity index (χ4v) is 1.68. The van der Waals surface area contributed by atoms with Crippen LogP contribution in [-0.4, -0.2) is 18.4 Å². The zero-order valence-electron chi connectivity index (χ0n) is 13.2. The van der Waals surface area contributed by atoms with E-state index in [2.05, 4.69) is 10.6 Å². The molecule has 0 fully saturated rings. The van der Waals surface area contributed by atoms with Gasteiger partial charge in [-0.15, -0.1) is 0 Å². The largest absolute Gasteiger partial charge is 0.330 e. The molecule has 0 atom stereocenters. The second-order valence-electron chi connectivity index (χ2n) is 6.17. The molecule has 21 heavy (non-hydrogen) atoms. The van der Waals surface area contributed by atoms with Crippen LogP contribution in [0.15, 0.2) is 18.2 Å². The highest BCUT2D eigenvalue weighted by atomic mass is 16.2. The summed E-state index contributed by atoms with van der Waals surface area (Å²) < 4.78 is 0. The molecule has 0 spiro atoms. The summed E-state index contributed by atoms with van der Waals surface area (Å²) in [5, 5.41) is 5.72. The van der Waals surface area contributed by atoms with Gasteiger partial charge in [0.1, 0.15) is 0 Å². The minimum Gasteiger partial charge on any atom is -0.330 e. The number of hydrogen-bond acceptors (Lipinski definition) is 3. The maximum Gasteiger partial charge on any atom is 0.229 e. The van der Waals surface area contributed by atoms with Crippen LogP contribution in [0, 0.1) is 12.3 Å². The van der Waals surface area contributed by atoms with Gasteiger partial charge in [0.15, 0.2) is 0 Å². The maximum absolute atomic E-state index is 12.0. The molecule has 0 aliphatic rings. The Bertz CT molecular complexity index is 519. The summed E-state index contributed by atoms with van der Waals surface area (Å²) in [5.74, 6) is -0.0864. The third kappa shape index (κ3) is 5.55. The van der Waals surface area contributed by atoms with E-state index in [9.17, 15) is 9.59 Å². The number of anilines is 2. The van der Waals surface area contributed by atoms with Crippen molar-refractivity contribution in [2.24, 2.45) is 11.1 Å². The van der Waals surface area contributed by atoms with Crippen LogP contribution in [0.4, 0.5) is 11.4 Å². The van der Waals surface area contributed by atoms with E-state index < -0.39 is 5.41 Å². The van der Waals surface area contributed by atoms with Crippen LogP contribution < -0.4 is 16.4 Å². The van der Waals surface area contributed by atoms with Crippen LogP contribution in [0.3, 0.4) is 0 Å². The highest BCUT2D eigenvalue weighted by molar-refractivity contribution is 5.96. The fraction of sp³-hybridized carbons (Fsp3) is 0.500. The summed E-state index contributed by atoms with van der Waals surface area (Å²) in [6.45, 7) is 8.00. The summed E-state index contributed by atoms with van der Waals surface area (Å²) >= 11 is 0. The van der Waals surface area contributed by atoms with Crippen LogP contribution in [0.1, 0.15) is 39.2 Å². The molecule has 1 rings (SSSR count). The Balaban J connectivity index is 2.72. The topological polar surface area (TPSA) is 84.2 Å². The minimum absolute atomic E-state index is 0.0367. The van der Waals surface area contributed by atoms with Gasteiger partial charge < -0.3 is 16.4 Å². The van der Waals surface area contributed by atoms with E-state index in [0.29, 0.717) is 19.4 Å². The average molecular weight is 291 g/mol. The zero-order chi connectivity index (χ0) is 16.0. The molecule has 1 aromatic carbocycles. The molecule has 0 aromatic heterocycles. The van der Waals surface area contributed by atoms with Gasteiger partial charge in [0.2, 0.25) is 11.8 Å². The van der Waals surface area contributed by atoms with E-state index in [-0.39, 0.29) is 11.8 Å². The zero-order valence-corrected chi connectivity index (χ0v) is 13.2. The lowest BCUT2D eigenvalue weighted by molar-refractivity contribution is -0.123. The van der Waals surface area contributed by atoms with Crippen molar-refractivity contribution in [1.82, 2.24) is 0 Å². The van der Waals surface area contributed by atoms with Crippen molar-refractivity contribution in [2.45, 2.75) is 40.5 Å². The lowest BCUT2D eigenvalue weighted by atomic mass is 9.95. The van der Waals surface area contributed by atoms with Gasteiger partial charge >= 0.3 is 0 Å². The predicted octanol–water partition coefficient (Wildman–Crippen LogP) is 2.66. The van der Waals surface area contributed by atoms with E-state index in [0.717, 1.165) is 16.9 Å². The third-order valence-electron chi connectivity index (χ3n) is 3.05. The summed E-state index contributed by atoms with van der Waals surface area (Å²) in [4.78, 5) is 23.6. The Morgan fingerprint density at radius 3 is 2.38 bits per heavy atom. The normalized spacial score (nSPS) is 11.1. The Kier molecular flexibility index (Phi) is 5.90. The number of hydrogen-bond donors (Lipinski definition) is 3. The van der Waals surface area contributed by atoms with Crippen LogP contribution in [0.5, 0.6) is 0 Å². The minimum atomic E-state index is -0.443. The molecule has 2 amide bonds. The number of carbonyl (C=O) groups excluding carboxylic acids is 2. The van der Waals surface area contributed by atoms with Crippen LogP contribution in [0.25, 0.3) is 0 Å². The van der Waals surface area contributed by atoms with E-state index in [1.807, 2.05) is 33.8 Å². The van der Waals surface area contributed by atoms with E-state index >= 15 is 0 Å². The summed E-state index contributed by atoms with van der Waals surface area (Å²) in [6.07, 6.45) is 1.09. The number of nitrogens with two attached hydrogens (primary N) is 1. The van der Waals surface area contributed by atoms with E-state index in [4.69, 9.17) is 5.73 Å². The average Bonchev–Trinajstić information content (AvgIpc) is 2.38. The van der Waals surface area contributed by atoms with Gasteiger partial charge in [-0.25, -0.2) is 0 Å². The predicted molar refractivity (Wildman–Crippen MR) is 86.2 cm³/mol. The molecule has 0 bridgehead atoms. The fourth-order valence-electron chi connectivity index (χ4n) is 1.68. The molecule has 0 heterocycles. The molecule has 1 aromatic rings. The second-order valence-corrected chi connectivity index (χ2v) is 6.17. The molecular weight excluding hydrogens is 266 g/mol. The van der Waals surface area contributed by atoms with Gasteiger partial charge in [0, 0.05) is 23.2 Å². The Hall–Kier alpha value is -1.88. The number of carbonyl (C=O) groups is 2. The van der Waals surface area contributed by atoms with Crippen molar-refractivity contribution in [3.8, 4) is 0 Å². The number of aryl methyl sites for hydroxylation is 1.